The minimum absolute atomic E-state index is 0.527. The van der Waals surface area contributed by atoms with Crippen molar-refractivity contribution in [1.29, 1.82) is 5.26 Å². The lowest BCUT2D eigenvalue weighted by Gasteiger charge is -2.29. The summed E-state index contributed by atoms with van der Waals surface area (Å²) < 4.78 is 2.12. The van der Waals surface area contributed by atoms with Gasteiger partial charge in [0.05, 0.1) is 17.1 Å². The Morgan fingerprint density at radius 2 is 2.21 bits per heavy atom. The molecule has 19 heavy (non-hydrogen) atoms. The average molecular weight is 274 g/mol. The maximum atomic E-state index is 9.31. The van der Waals surface area contributed by atoms with E-state index in [-0.39, 0.29) is 0 Å². The summed E-state index contributed by atoms with van der Waals surface area (Å²) in [5.41, 5.74) is 1.33. The summed E-state index contributed by atoms with van der Waals surface area (Å²) in [6, 6.07) is 2.20. The maximum absolute atomic E-state index is 9.31. The molecule has 1 aliphatic rings. The number of halogens is 1. The molecule has 3 heterocycles. The minimum Gasteiger partial charge on any atom is -0.346 e. The smallest absolute Gasteiger partial charge is 0.147 e. The molecule has 0 aromatic carbocycles. The molecule has 0 atom stereocenters. The van der Waals surface area contributed by atoms with Crippen LogP contribution >= 0.6 is 11.6 Å². The van der Waals surface area contributed by atoms with E-state index in [0.29, 0.717) is 22.9 Å². The Bertz CT molecular complexity index is 670. The van der Waals surface area contributed by atoms with Gasteiger partial charge in [0, 0.05) is 31.7 Å². The van der Waals surface area contributed by atoms with E-state index in [1.54, 1.807) is 12.4 Å². The first-order chi connectivity index (χ1) is 9.20. The van der Waals surface area contributed by atoms with Crippen LogP contribution in [0.4, 0.5) is 5.82 Å². The summed E-state index contributed by atoms with van der Waals surface area (Å²) in [7, 11) is 0. The van der Waals surface area contributed by atoms with Crippen molar-refractivity contribution in [3.63, 3.8) is 0 Å². The number of aromatic nitrogens is 3. The van der Waals surface area contributed by atoms with Gasteiger partial charge in [-0.1, -0.05) is 11.6 Å². The zero-order valence-electron chi connectivity index (χ0n) is 10.5. The molecule has 5 nitrogen and oxygen atoms in total. The third-order valence-corrected chi connectivity index (χ3v) is 3.79. The molecule has 0 fully saturated rings. The lowest BCUT2D eigenvalue weighted by molar-refractivity contribution is 0.555. The lowest BCUT2D eigenvalue weighted by Crippen LogP contribution is -2.34. The lowest BCUT2D eigenvalue weighted by atomic mass is 10.1. The molecule has 0 bridgehead atoms. The second-order valence-corrected chi connectivity index (χ2v) is 4.91. The zero-order chi connectivity index (χ0) is 13.4. The van der Waals surface area contributed by atoms with E-state index < -0.39 is 0 Å². The SMILES string of the molecule is Cc1c(Cl)cnc(N2CCn3ccnc3C2)c1C#N. The molecule has 96 valence electrons. The maximum Gasteiger partial charge on any atom is 0.147 e. The van der Waals surface area contributed by atoms with Gasteiger partial charge in [-0.15, -0.1) is 0 Å². The quantitative estimate of drug-likeness (QED) is 0.799. The summed E-state index contributed by atoms with van der Waals surface area (Å²) in [4.78, 5) is 10.7. The van der Waals surface area contributed by atoms with Crippen LogP contribution in [0.5, 0.6) is 0 Å². The first-order valence-electron chi connectivity index (χ1n) is 6.01. The molecule has 0 radical (unpaired) electrons. The van der Waals surface area contributed by atoms with Crippen molar-refractivity contribution in [2.75, 3.05) is 11.4 Å². The van der Waals surface area contributed by atoms with Crippen LogP contribution in [0, 0.1) is 18.3 Å². The van der Waals surface area contributed by atoms with Crippen molar-refractivity contribution in [1.82, 2.24) is 14.5 Å². The number of pyridine rings is 1. The van der Waals surface area contributed by atoms with Gasteiger partial charge in [-0.05, 0) is 12.5 Å². The molecule has 0 saturated heterocycles. The monoisotopic (exact) mass is 273 g/mol. The largest absolute Gasteiger partial charge is 0.346 e. The molecular formula is C13H12ClN5. The van der Waals surface area contributed by atoms with Crippen molar-refractivity contribution in [3.8, 4) is 6.07 Å². The number of imidazole rings is 1. The third kappa shape index (κ3) is 1.94. The highest BCUT2D eigenvalue weighted by atomic mass is 35.5. The topological polar surface area (TPSA) is 57.7 Å². The first-order valence-corrected chi connectivity index (χ1v) is 6.38. The first kappa shape index (κ1) is 12.0. The summed E-state index contributed by atoms with van der Waals surface area (Å²) in [6.45, 7) is 4.17. The van der Waals surface area contributed by atoms with Crippen LogP contribution in [0.2, 0.25) is 5.02 Å². The van der Waals surface area contributed by atoms with E-state index in [2.05, 4.69) is 25.5 Å². The van der Waals surface area contributed by atoms with Gasteiger partial charge < -0.3 is 9.47 Å². The van der Waals surface area contributed by atoms with Gasteiger partial charge in [0.2, 0.25) is 0 Å². The summed E-state index contributed by atoms with van der Waals surface area (Å²) in [5.74, 6) is 1.68. The van der Waals surface area contributed by atoms with Gasteiger partial charge in [0.15, 0.2) is 0 Å². The number of rotatable bonds is 1. The summed E-state index contributed by atoms with van der Waals surface area (Å²) in [6.07, 6.45) is 5.37. The Labute approximate surface area is 116 Å². The summed E-state index contributed by atoms with van der Waals surface area (Å²) in [5, 5.41) is 9.84. The van der Waals surface area contributed by atoms with Crippen molar-refractivity contribution >= 4 is 17.4 Å². The molecule has 3 rings (SSSR count). The van der Waals surface area contributed by atoms with Gasteiger partial charge >= 0.3 is 0 Å². The van der Waals surface area contributed by atoms with E-state index >= 15 is 0 Å². The van der Waals surface area contributed by atoms with E-state index in [0.717, 1.165) is 24.5 Å². The average Bonchev–Trinajstić information content (AvgIpc) is 2.89. The van der Waals surface area contributed by atoms with Gasteiger partial charge in [0.1, 0.15) is 17.7 Å². The normalized spacial score (nSPS) is 14.1. The van der Waals surface area contributed by atoms with Crippen LogP contribution in [-0.4, -0.2) is 21.1 Å². The fourth-order valence-electron chi connectivity index (χ4n) is 2.29. The van der Waals surface area contributed by atoms with Crippen LogP contribution in [0.25, 0.3) is 0 Å². The Balaban J connectivity index is 2.01. The number of hydrogen-bond acceptors (Lipinski definition) is 4. The predicted octanol–water partition coefficient (Wildman–Crippen LogP) is 2.13. The highest BCUT2D eigenvalue weighted by Gasteiger charge is 2.21. The van der Waals surface area contributed by atoms with E-state index in [9.17, 15) is 5.26 Å². The van der Waals surface area contributed by atoms with Crippen LogP contribution in [0.15, 0.2) is 18.6 Å². The third-order valence-electron chi connectivity index (χ3n) is 3.41. The molecule has 6 heteroatoms. The second-order valence-electron chi connectivity index (χ2n) is 4.50. The number of fused-ring (bicyclic) bond motifs is 1. The molecule has 0 saturated carbocycles. The van der Waals surface area contributed by atoms with Gasteiger partial charge in [-0.3, -0.25) is 0 Å². The zero-order valence-corrected chi connectivity index (χ0v) is 11.2. The Kier molecular flexibility index (Phi) is 2.88. The fourth-order valence-corrected chi connectivity index (χ4v) is 2.44. The highest BCUT2D eigenvalue weighted by Crippen LogP contribution is 2.27. The Morgan fingerprint density at radius 3 is 3.00 bits per heavy atom. The van der Waals surface area contributed by atoms with Crippen molar-refractivity contribution < 1.29 is 0 Å². The predicted molar refractivity (Wildman–Crippen MR) is 72.0 cm³/mol. The molecule has 0 spiro atoms. The number of anilines is 1. The summed E-state index contributed by atoms with van der Waals surface area (Å²) >= 11 is 6.02. The van der Waals surface area contributed by atoms with Crippen molar-refractivity contribution in [2.45, 2.75) is 20.0 Å². The Morgan fingerprint density at radius 1 is 1.37 bits per heavy atom. The molecule has 2 aromatic rings. The molecule has 0 N–H and O–H groups in total. The molecule has 2 aromatic heterocycles. The second kappa shape index (κ2) is 4.56. The van der Waals surface area contributed by atoms with E-state index in [1.165, 1.54) is 0 Å². The van der Waals surface area contributed by atoms with Gasteiger partial charge in [-0.25, -0.2) is 9.97 Å². The van der Waals surface area contributed by atoms with E-state index in [1.807, 2.05) is 13.1 Å². The number of hydrogen-bond donors (Lipinski definition) is 0. The van der Waals surface area contributed by atoms with Crippen LogP contribution in [-0.2, 0) is 13.1 Å². The Hall–Kier alpha value is -2.06. The van der Waals surface area contributed by atoms with Crippen molar-refractivity contribution in [3.05, 3.63) is 40.6 Å². The fraction of sp³-hybridized carbons (Fsp3) is 0.308. The van der Waals surface area contributed by atoms with Crippen LogP contribution in [0.3, 0.4) is 0 Å². The van der Waals surface area contributed by atoms with E-state index in [4.69, 9.17) is 11.6 Å². The molecule has 1 aliphatic heterocycles. The van der Waals surface area contributed by atoms with Crippen LogP contribution in [0.1, 0.15) is 17.0 Å². The molecule has 0 unspecified atom stereocenters. The number of nitriles is 1. The minimum atomic E-state index is 0.527. The molecular weight excluding hydrogens is 262 g/mol. The molecule has 0 aliphatic carbocycles. The van der Waals surface area contributed by atoms with Crippen LogP contribution < -0.4 is 4.90 Å². The standard InChI is InChI=1S/C13H12ClN5/c1-9-10(6-15)13(17-7-11(9)14)19-5-4-18-3-2-16-12(18)8-19/h2-3,7H,4-5,8H2,1H3. The van der Waals surface area contributed by atoms with Crippen molar-refractivity contribution in [2.24, 2.45) is 0 Å². The van der Waals surface area contributed by atoms with Gasteiger partial charge in [-0.2, -0.15) is 5.26 Å². The van der Waals surface area contributed by atoms with Gasteiger partial charge in [0.25, 0.3) is 0 Å². The highest BCUT2D eigenvalue weighted by molar-refractivity contribution is 6.31. The molecule has 0 amide bonds. The number of nitrogens with zero attached hydrogens (tertiary/aromatic N) is 5.